The van der Waals surface area contributed by atoms with E-state index in [9.17, 15) is 9.59 Å². The van der Waals surface area contributed by atoms with Crippen molar-refractivity contribution in [3.63, 3.8) is 0 Å². The minimum Gasteiger partial charge on any atom is -0.477 e. The molecule has 1 aromatic carbocycles. The minimum atomic E-state index is -1.20. The number of hydrogen-bond donors (Lipinski definition) is 1. The fourth-order valence-corrected chi connectivity index (χ4v) is 2.06. The van der Waals surface area contributed by atoms with Crippen LogP contribution < -0.4 is 5.43 Å². The van der Waals surface area contributed by atoms with Gasteiger partial charge in [-0.05, 0) is 18.6 Å². The molecule has 0 spiro atoms. The molecule has 5 nitrogen and oxygen atoms in total. The van der Waals surface area contributed by atoms with E-state index in [0.717, 1.165) is 11.9 Å². The topological polar surface area (TPSA) is 68.5 Å². The Hall–Kier alpha value is -2.14. The first-order valence-corrected chi connectivity index (χ1v) is 5.99. The standard InChI is InChI=1S/C14H15NO4/c1-19-8-4-7-15-9-11(14(17)18)13(16)10-5-2-3-6-12(10)15/h2-3,5-6,9H,4,7-8H2,1H3,(H,17,18). The molecule has 1 heterocycles. The third kappa shape index (κ3) is 2.66. The molecule has 0 fully saturated rings. The Labute approximate surface area is 110 Å². The second-order valence-corrected chi connectivity index (χ2v) is 4.23. The summed E-state index contributed by atoms with van der Waals surface area (Å²) in [7, 11) is 1.62. The van der Waals surface area contributed by atoms with Crippen molar-refractivity contribution in [3.8, 4) is 0 Å². The molecule has 0 aliphatic carbocycles. The number of nitrogens with zero attached hydrogens (tertiary/aromatic N) is 1. The highest BCUT2D eigenvalue weighted by Gasteiger charge is 2.13. The number of aromatic nitrogens is 1. The van der Waals surface area contributed by atoms with Crippen molar-refractivity contribution in [1.29, 1.82) is 0 Å². The van der Waals surface area contributed by atoms with Crippen molar-refractivity contribution >= 4 is 16.9 Å². The monoisotopic (exact) mass is 261 g/mol. The van der Waals surface area contributed by atoms with Crippen LogP contribution >= 0.6 is 0 Å². The maximum absolute atomic E-state index is 12.0. The van der Waals surface area contributed by atoms with Crippen molar-refractivity contribution in [2.24, 2.45) is 0 Å². The van der Waals surface area contributed by atoms with E-state index in [2.05, 4.69) is 0 Å². The maximum Gasteiger partial charge on any atom is 0.341 e. The second-order valence-electron chi connectivity index (χ2n) is 4.23. The molecule has 0 saturated heterocycles. The summed E-state index contributed by atoms with van der Waals surface area (Å²) in [5.41, 5.74) is 0.107. The average Bonchev–Trinajstić information content (AvgIpc) is 2.41. The molecule has 0 aliphatic heterocycles. The number of hydrogen-bond acceptors (Lipinski definition) is 3. The number of carboxylic acid groups (broad SMARTS) is 1. The number of aromatic carboxylic acids is 1. The average molecular weight is 261 g/mol. The zero-order chi connectivity index (χ0) is 13.8. The van der Waals surface area contributed by atoms with Crippen LogP contribution in [-0.4, -0.2) is 29.4 Å². The van der Waals surface area contributed by atoms with Crippen LogP contribution in [0.4, 0.5) is 0 Å². The largest absolute Gasteiger partial charge is 0.477 e. The molecule has 0 amide bonds. The van der Waals surface area contributed by atoms with Gasteiger partial charge < -0.3 is 14.4 Å². The van der Waals surface area contributed by atoms with Crippen LogP contribution in [0.3, 0.4) is 0 Å². The molecule has 1 aromatic heterocycles. The molecule has 0 atom stereocenters. The summed E-state index contributed by atoms with van der Waals surface area (Å²) in [6.07, 6.45) is 2.16. The molecular formula is C14H15NO4. The Morgan fingerprint density at radius 1 is 1.37 bits per heavy atom. The normalized spacial score (nSPS) is 10.8. The summed E-state index contributed by atoms with van der Waals surface area (Å²) in [5, 5.41) is 9.51. The molecule has 0 aliphatic rings. The number of rotatable bonds is 5. The number of para-hydroxylation sites is 1. The Bertz CT molecular complexity index is 660. The molecule has 19 heavy (non-hydrogen) atoms. The van der Waals surface area contributed by atoms with E-state index in [1.807, 2.05) is 12.1 Å². The highest BCUT2D eigenvalue weighted by molar-refractivity contribution is 5.92. The van der Waals surface area contributed by atoms with E-state index in [1.165, 1.54) is 6.20 Å². The number of methoxy groups -OCH3 is 1. The number of carboxylic acids is 1. The zero-order valence-corrected chi connectivity index (χ0v) is 10.6. The van der Waals surface area contributed by atoms with E-state index in [1.54, 1.807) is 23.8 Å². The van der Waals surface area contributed by atoms with E-state index in [-0.39, 0.29) is 5.56 Å². The van der Waals surface area contributed by atoms with Crippen LogP contribution in [-0.2, 0) is 11.3 Å². The fourth-order valence-electron chi connectivity index (χ4n) is 2.06. The fraction of sp³-hybridized carbons (Fsp3) is 0.286. The number of carbonyl (C=O) groups is 1. The van der Waals surface area contributed by atoms with Crippen LogP contribution in [0.1, 0.15) is 16.8 Å². The summed E-state index contributed by atoms with van der Waals surface area (Å²) >= 11 is 0. The van der Waals surface area contributed by atoms with E-state index >= 15 is 0 Å². The third-order valence-electron chi connectivity index (χ3n) is 2.97. The van der Waals surface area contributed by atoms with Crippen molar-refractivity contribution in [1.82, 2.24) is 4.57 Å². The molecule has 2 aromatic rings. The lowest BCUT2D eigenvalue weighted by atomic mass is 10.1. The van der Waals surface area contributed by atoms with Gasteiger partial charge in [0.15, 0.2) is 0 Å². The number of pyridine rings is 1. The summed E-state index contributed by atoms with van der Waals surface area (Å²) < 4.78 is 6.78. The lowest BCUT2D eigenvalue weighted by molar-refractivity contribution is 0.0695. The van der Waals surface area contributed by atoms with Gasteiger partial charge in [0, 0.05) is 31.8 Å². The van der Waals surface area contributed by atoms with Gasteiger partial charge in [-0.25, -0.2) is 4.79 Å². The smallest absolute Gasteiger partial charge is 0.341 e. The minimum absolute atomic E-state index is 0.198. The maximum atomic E-state index is 12.0. The first-order chi connectivity index (χ1) is 9.15. The van der Waals surface area contributed by atoms with Crippen LogP contribution in [0.5, 0.6) is 0 Å². The highest BCUT2D eigenvalue weighted by atomic mass is 16.5. The first kappa shape index (κ1) is 13.3. The van der Waals surface area contributed by atoms with Gasteiger partial charge in [0.25, 0.3) is 0 Å². The summed E-state index contributed by atoms with van der Waals surface area (Å²) in [5.74, 6) is -1.20. The van der Waals surface area contributed by atoms with Gasteiger partial charge in [0.1, 0.15) is 5.56 Å². The molecule has 0 unspecified atom stereocenters. The second kappa shape index (κ2) is 5.67. The van der Waals surface area contributed by atoms with Gasteiger partial charge in [0.2, 0.25) is 5.43 Å². The first-order valence-electron chi connectivity index (χ1n) is 5.99. The highest BCUT2D eigenvalue weighted by Crippen LogP contribution is 2.12. The van der Waals surface area contributed by atoms with Crippen LogP contribution in [0.2, 0.25) is 0 Å². The summed E-state index contributed by atoms with van der Waals surface area (Å²) in [6, 6.07) is 7.02. The van der Waals surface area contributed by atoms with Crippen LogP contribution in [0.25, 0.3) is 10.9 Å². The van der Waals surface area contributed by atoms with E-state index in [0.29, 0.717) is 18.5 Å². The van der Waals surface area contributed by atoms with E-state index in [4.69, 9.17) is 9.84 Å². The van der Waals surface area contributed by atoms with Crippen molar-refractivity contribution in [2.45, 2.75) is 13.0 Å². The molecule has 0 radical (unpaired) electrons. The lowest BCUT2D eigenvalue weighted by Crippen LogP contribution is -2.19. The van der Waals surface area contributed by atoms with Gasteiger partial charge in [0.05, 0.1) is 5.52 Å². The summed E-state index contributed by atoms with van der Waals surface area (Å²) in [6.45, 7) is 1.19. The number of ether oxygens (including phenoxy) is 1. The predicted octanol–water partition coefficient (Wildman–Crippen LogP) is 1.74. The SMILES string of the molecule is COCCCn1cc(C(=O)O)c(=O)c2ccccc21. The van der Waals surface area contributed by atoms with Gasteiger partial charge in [-0.2, -0.15) is 0 Å². The van der Waals surface area contributed by atoms with Crippen molar-refractivity contribution in [2.75, 3.05) is 13.7 Å². The van der Waals surface area contributed by atoms with Gasteiger partial charge in [-0.15, -0.1) is 0 Å². The summed E-state index contributed by atoms with van der Waals surface area (Å²) in [4.78, 5) is 23.1. The predicted molar refractivity (Wildman–Crippen MR) is 71.7 cm³/mol. The molecular weight excluding hydrogens is 246 g/mol. The molecule has 1 N–H and O–H groups in total. The number of fused-ring (bicyclic) bond motifs is 1. The van der Waals surface area contributed by atoms with Crippen molar-refractivity contribution < 1.29 is 14.6 Å². The Balaban J connectivity index is 2.58. The molecule has 2 rings (SSSR count). The van der Waals surface area contributed by atoms with Gasteiger partial charge in [-0.3, -0.25) is 4.79 Å². The molecule has 0 bridgehead atoms. The van der Waals surface area contributed by atoms with Gasteiger partial charge >= 0.3 is 5.97 Å². The van der Waals surface area contributed by atoms with Crippen molar-refractivity contribution in [3.05, 3.63) is 46.2 Å². The third-order valence-corrected chi connectivity index (χ3v) is 2.97. The molecule has 100 valence electrons. The Morgan fingerprint density at radius 2 is 2.11 bits per heavy atom. The molecule has 5 heteroatoms. The Kier molecular flexibility index (Phi) is 3.97. The molecule has 0 saturated carbocycles. The number of benzene rings is 1. The zero-order valence-electron chi connectivity index (χ0n) is 10.6. The quantitative estimate of drug-likeness (QED) is 0.832. The number of aryl methyl sites for hydroxylation is 1. The Morgan fingerprint density at radius 3 is 2.79 bits per heavy atom. The van der Waals surface area contributed by atoms with Crippen LogP contribution in [0.15, 0.2) is 35.3 Å². The van der Waals surface area contributed by atoms with Crippen LogP contribution in [0, 0.1) is 0 Å². The van der Waals surface area contributed by atoms with E-state index < -0.39 is 11.4 Å². The lowest BCUT2D eigenvalue weighted by Gasteiger charge is -2.11. The van der Waals surface area contributed by atoms with Gasteiger partial charge in [-0.1, -0.05) is 12.1 Å².